The molecule has 1 atom stereocenters. The monoisotopic (exact) mass is 452 g/mol. The maximum absolute atomic E-state index is 13.0. The van der Waals surface area contributed by atoms with Crippen LogP contribution in [-0.2, 0) is 22.6 Å². The summed E-state index contributed by atoms with van der Waals surface area (Å²) < 4.78 is 6.62. The summed E-state index contributed by atoms with van der Waals surface area (Å²) in [6.45, 7) is 6.64. The van der Waals surface area contributed by atoms with E-state index in [1.807, 2.05) is 31.2 Å². The molecule has 0 amide bonds. The molecule has 3 aromatic rings. The Balaban J connectivity index is 1.69. The number of benzene rings is 1. The van der Waals surface area contributed by atoms with Gasteiger partial charge in [0.25, 0.3) is 5.56 Å². The minimum absolute atomic E-state index is 0.0268. The third-order valence-corrected chi connectivity index (χ3v) is 6.54. The molecule has 0 spiro atoms. The number of carbonyl (C=O) groups is 1. The Morgan fingerprint density at radius 2 is 2.09 bits per heavy atom. The SMILES string of the molecule is CCOC(=O)Cn1nnnc1[C@@H](CC)N(Cc1cc2cccc(C)c2[nH]c1=O)C1CCCC1. The van der Waals surface area contributed by atoms with Crippen molar-refractivity contribution in [3.8, 4) is 0 Å². The summed E-state index contributed by atoms with van der Waals surface area (Å²) >= 11 is 0. The first-order valence-corrected chi connectivity index (χ1v) is 11.8. The van der Waals surface area contributed by atoms with Crippen LogP contribution >= 0.6 is 0 Å². The maximum atomic E-state index is 13.0. The Morgan fingerprint density at radius 1 is 1.30 bits per heavy atom. The average molecular weight is 453 g/mol. The van der Waals surface area contributed by atoms with Crippen molar-refractivity contribution in [3.63, 3.8) is 0 Å². The van der Waals surface area contributed by atoms with E-state index in [0.717, 1.165) is 41.3 Å². The number of hydrogen-bond donors (Lipinski definition) is 1. The maximum Gasteiger partial charge on any atom is 0.327 e. The number of nitrogens with zero attached hydrogens (tertiary/aromatic N) is 5. The number of aromatic nitrogens is 5. The number of para-hydroxylation sites is 1. The van der Waals surface area contributed by atoms with Crippen LogP contribution in [0.15, 0.2) is 29.1 Å². The Hall–Kier alpha value is -3.07. The minimum atomic E-state index is -0.366. The van der Waals surface area contributed by atoms with Gasteiger partial charge in [0.1, 0.15) is 6.54 Å². The van der Waals surface area contributed by atoms with Gasteiger partial charge in [0.15, 0.2) is 5.82 Å². The molecule has 0 unspecified atom stereocenters. The number of H-pyrrole nitrogens is 1. The highest BCUT2D eigenvalue weighted by molar-refractivity contribution is 5.81. The number of ether oxygens (including phenoxy) is 1. The highest BCUT2D eigenvalue weighted by Crippen LogP contribution is 2.33. The zero-order chi connectivity index (χ0) is 23.4. The quantitative estimate of drug-likeness (QED) is 0.497. The molecule has 0 saturated heterocycles. The van der Waals surface area contributed by atoms with Crippen molar-refractivity contribution in [3.05, 3.63) is 51.6 Å². The lowest BCUT2D eigenvalue weighted by Crippen LogP contribution is -2.39. The van der Waals surface area contributed by atoms with Crippen LogP contribution < -0.4 is 5.56 Å². The van der Waals surface area contributed by atoms with E-state index in [1.54, 1.807) is 6.92 Å². The Labute approximate surface area is 193 Å². The molecule has 9 heteroatoms. The lowest BCUT2D eigenvalue weighted by Gasteiger charge is -2.35. The molecule has 1 aliphatic rings. The van der Waals surface area contributed by atoms with Crippen molar-refractivity contribution in [1.29, 1.82) is 0 Å². The Bertz CT molecular complexity index is 1160. The highest BCUT2D eigenvalue weighted by Gasteiger charge is 2.33. The fourth-order valence-corrected chi connectivity index (χ4v) is 4.93. The lowest BCUT2D eigenvalue weighted by atomic mass is 10.0. The molecule has 2 aromatic heterocycles. The number of rotatable bonds is 9. The molecule has 2 heterocycles. The van der Waals surface area contributed by atoms with Gasteiger partial charge >= 0.3 is 5.97 Å². The summed E-state index contributed by atoms with van der Waals surface area (Å²) in [4.78, 5) is 30.5. The number of nitrogens with one attached hydrogen (secondary N) is 1. The van der Waals surface area contributed by atoms with Crippen LogP contribution in [0.1, 0.15) is 68.9 Å². The Kier molecular flexibility index (Phi) is 7.17. The standard InChI is InChI=1S/C24H32N6O3/c1-4-20(23-26-27-28-30(23)15-21(31)33-5-2)29(19-11-6-7-12-19)14-18-13-17-10-8-9-16(3)22(17)25-24(18)32/h8-10,13,19-20H,4-7,11-12,14-15H2,1-3H3,(H,25,32)/t20-/m1/s1. The van der Waals surface area contributed by atoms with Crippen molar-refractivity contribution in [2.75, 3.05) is 6.61 Å². The fourth-order valence-electron chi connectivity index (χ4n) is 4.93. The number of tetrazole rings is 1. The Morgan fingerprint density at radius 3 is 2.82 bits per heavy atom. The largest absolute Gasteiger partial charge is 0.465 e. The smallest absolute Gasteiger partial charge is 0.327 e. The zero-order valence-electron chi connectivity index (χ0n) is 19.6. The van der Waals surface area contributed by atoms with Crippen molar-refractivity contribution in [2.24, 2.45) is 0 Å². The molecule has 0 bridgehead atoms. The minimum Gasteiger partial charge on any atom is -0.465 e. The van der Waals surface area contributed by atoms with Crippen molar-refractivity contribution < 1.29 is 9.53 Å². The van der Waals surface area contributed by atoms with Gasteiger partial charge in [0.05, 0.1) is 18.2 Å². The van der Waals surface area contributed by atoms with E-state index in [0.29, 0.717) is 25.0 Å². The summed E-state index contributed by atoms with van der Waals surface area (Å²) in [5.74, 6) is 0.264. The summed E-state index contributed by atoms with van der Waals surface area (Å²) in [6.07, 6.45) is 5.22. The first-order valence-electron chi connectivity index (χ1n) is 11.8. The first-order chi connectivity index (χ1) is 16.0. The van der Waals surface area contributed by atoms with Crippen LogP contribution in [0.5, 0.6) is 0 Å². The van der Waals surface area contributed by atoms with E-state index in [9.17, 15) is 9.59 Å². The summed E-state index contributed by atoms with van der Waals surface area (Å²) in [5.41, 5.74) is 2.58. The normalized spacial score (nSPS) is 15.4. The molecule has 0 radical (unpaired) electrons. The molecule has 9 nitrogen and oxygen atoms in total. The molecule has 4 rings (SSSR count). The van der Waals surface area contributed by atoms with Gasteiger partial charge < -0.3 is 9.72 Å². The van der Waals surface area contributed by atoms with E-state index in [1.165, 1.54) is 17.5 Å². The molecule has 0 aliphatic heterocycles. The molecule has 1 aliphatic carbocycles. The highest BCUT2D eigenvalue weighted by atomic mass is 16.5. The van der Waals surface area contributed by atoms with Crippen LogP contribution in [0.25, 0.3) is 10.9 Å². The van der Waals surface area contributed by atoms with Crippen molar-refractivity contribution in [2.45, 2.75) is 78.0 Å². The van der Waals surface area contributed by atoms with Crippen LogP contribution in [-0.4, -0.2) is 48.7 Å². The van der Waals surface area contributed by atoms with Gasteiger partial charge in [-0.1, -0.05) is 38.0 Å². The second-order valence-electron chi connectivity index (χ2n) is 8.70. The molecule has 33 heavy (non-hydrogen) atoms. The fraction of sp³-hybridized carbons (Fsp3) is 0.542. The molecule has 1 saturated carbocycles. The van der Waals surface area contributed by atoms with E-state index < -0.39 is 0 Å². The van der Waals surface area contributed by atoms with Crippen LogP contribution in [0.2, 0.25) is 0 Å². The van der Waals surface area contributed by atoms with Gasteiger partial charge in [-0.25, -0.2) is 4.68 Å². The molecule has 1 aromatic carbocycles. The molecule has 1 fully saturated rings. The third-order valence-electron chi connectivity index (χ3n) is 6.54. The van der Waals surface area contributed by atoms with E-state index in [2.05, 4.69) is 32.3 Å². The summed E-state index contributed by atoms with van der Waals surface area (Å²) in [7, 11) is 0. The van der Waals surface area contributed by atoms with Gasteiger partial charge in [0, 0.05) is 18.2 Å². The van der Waals surface area contributed by atoms with Crippen LogP contribution in [0, 0.1) is 6.92 Å². The summed E-state index contributed by atoms with van der Waals surface area (Å²) in [6, 6.07) is 8.24. The van der Waals surface area contributed by atoms with Gasteiger partial charge in [0.2, 0.25) is 0 Å². The van der Waals surface area contributed by atoms with E-state index in [-0.39, 0.29) is 24.1 Å². The molecule has 176 valence electrons. The van der Waals surface area contributed by atoms with Gasteiger partial charge in [-0.05, 0) is 60.6 Å². The van der Waals surface area contributed by atoms with Crippen LogP contribution in [0.4, 0.5) is 0 Å². The first kappa shape index (κ1) is 23.1. The van der Waals surface area contributed by atoms with Crippen LogP contribution in [0.3, 0.4) is 0 Å². The van der Waals surface area contributed by atoms with E-state index in [4.69, 9.17) is 4.74 Å². The number of aryl methyl sites for hydroxylation is 1. The number of pyridine rings is 1. The number of aromatic amines is 1. The summed E-state index contributed by atoms with van der Waals surface area (Å²) in [5, 5.41) is 13.2. The topological polar surface area (TPSA) is 106 Å². The number of fused-ring (bicyclic) bond motifs is 1. The van der Waals surface area contributed by atoms with E-state index >= 15 is 0 Å². The zero-order valence-corrected chi connectivity index (χ0v) is 19.6. The van der Waals surface area contributed by atoms with Gasteiger partial charge in [-0.15, -0.1) is 5.10 Å². The average Bonchev–Trinajstić information content (AvgIpc) is 3.48. The number of carbonyl (C=O) groups excluding carboxylic acids is 1. The second-order valence-corrected chi connectivity index (χ2v) is 8.70. The van der Waals surface area contributed by atoms with Gasteiger partial charge in [-0.3, -0.25) is 14.5 Å². The predicted molar refractivity (Wildman–Crippen MR) is 125 cm³/mol. The predicted octanol–water partition coefficient (Wildman–Crippen LogP) is 3.28. The lowest BCUT2D eigenvalue weighted by molar-refractivity contribution is -0.144. The molecular weight excluding hydrogens is 420 g/mol. The molecular formula is C24H32N6O3. The number of hydrogen-bond acceptors (Lipinski definition) is 7. The third kappa shape index (κ3) is 4.98. The van der Waals surface area contributed by atoms with Crippen molar-refractivity contribution in [1.82, 2.24) is 30.1 Å². The molecule has 1 N–H and O–H groups in total. The second kappa shape index (κ2) is 10.2. The number of esters is 1. The van der Waals surface area contributed by atoms with Crippen molar-refractivity contribution >= 4 is 16.9 Å². The van der Waals surface area contributed by atoms with Gasteiger partial charge in [-0.2, -0.15) is 0 Å².